The fourth-order valence-electron chi connectivity index (χ4n) is 0.623. The zero-order valence-corrected chi connectivity index (χ0v) is 7.50. The molecule has 0 saturated carbocycles. The van der Waals surface area contributed by atoms with Crippen molar-refractivity contribution in [1.29, 1.82) is 0 Å². The van der Waals surface area contributed by atoms with Gasteiger partial charge in [-0.1, -0.05) is 0 Å². The summed E-state index contributed by atoms with van der Waals surface area (Å²) in [6, 6.07) is 0. The molecule has 0 aliphatic rings. The van der Waals surface area contributed by atoms with Crippen molar-refractivity contribution in [3.05, 3.63) is 18.2 Å². The molecule has 1 aromatic heterocycles. The van der Waals surface area contributed by atoms with Gasteiger partial charge in [0, 0.05) is 0 Å². The molecule has 12 heavy (non-hydrogen) atoms. The van der Waals surface area contributed by atoms with E-state index < -0.39 is 10.1 Å². The van der Waals surface area contributed by atoms with Crippen LogP contribution >= 0.6 is 0 Å². The number of rotatable bonds is 2. The fraction of sp³-hybridized carbons (Fsp3) is 0.333. The molecule has 0 aliphatic carbocycles. The molecule has 0 aromatic carbocycles. The summed E-state index contributed by atoms with van der Waals surface area (Å²) in [5.41, 5.74) is 0.496. The molecule has 0 spiro atoms. The SMILES string of the molecule is Cc1ncncc1OS(C)(=O)=O. The van der Waals surface area contributed by atoms with Gasteiger partial charge in [0.25, 0.3) is 0 Å². The second kappa shape index (κ2) is 3.06. The lowest BCUT2D eigenvalue weighted by Crippen LogP contribution is -2.07. The highest BCUT2D eigenvalue weighted by molar-refractivity contribution is 7.86. The molecule has 0 N–H and O–H groups in total. The first kappa shape index (κ1) is 8.92. The quantitative estimate of drug-likeness (QED) is 0.617. The van der Waals surface area contributed by atoms with E-state index in [9.17, 15) is 8.42 Å². The van der Waals surface area contributed by atoms with Crippen molar-refractivity contribution in [3.8, 4) is 5.75 Å². The van der Waals surface area contributed by atoms with E-state index in [0.717, 1.165) is 6.26 Å². The molecular weight excluding hydrogens is 180 g/mol. The Balaban J connectivity index is 2.98. The highest BCUT2D eigenvalue weighted by atomic mass is 32.2. The lowest BCUT2D eigenvalue weighted by Gasteiger charge is -2.02. The van der Waals surface area contributed by atoms with Crippen molar-refractivity contribution in [2.24, 2.45) is 0 Å². The monoisotopic (exact) mass is 188 g/mol. The minimum atomic E-state index is -3.48. The molecule has 1 aromatic rings. The maximum absolute atomic E-state index is 10.7. The Hall–Kier alpha value is -1.17. The summed E-state index contributed by atoms with van der Waals surface area (Å²) < 4.78 is 25.9. The number of nitrogens with zero attached hydrogens (tertiary/aromatic N) is 2. The van der Waals surface area contributed by atoms with E-state index in [1.165, 1.54) is 12.5 Å². The van der Waals surface area contributed by atoms with Gasteiger partial charge in [0.15, 0.2) is 5.75 Å². The lowest BCUT2D eigenvalue weighted by molar-refractivity contribution is 0.487. The summed E-state index contributed by atoms with van der Waals surface area (Å²) in [7, 11) is -3.48. The minimum Gasteiger partial charge on any atom is -0.379 e. The highest BCUT2D eigenvalue weighted by Crippen LogP contribution is 2.13. The number of aromatic nitrogens is 2. The Bertz CT molecular complexity index is 374. The first-order chi connectivity index (χ1) is 5.49. The molecule has 6 heteroatoms. The van der Waals surface area contributed by atoms with Crippen LogP contribution in [-0.4, -0.2) is 24.6 Å². The van der Waals surface area contributed by atoms with Crippen molar-refractivity contribution >= 4 is 10.1 Å². The molecule has 0 amide bonds. The molecule has 0 fully saturated rings. The Morgan fingerprint density at radius 1 is 1.50 bits per heavy atom. The molecule has 0 unspecified atom stereocenters. The van der Waals surface area contributed by atoms with Gasteiger partial charge in [0.1, 0.15) is 6.33 Å². The van der Waals surface area contributed by atoms with Crippen molar-refractivity contribution in [3.63, 3.8) is 0 Å². The lowest BCUT2D eigenvalue weighted by atomic mass is 10.4. The predicted octanol–water partition coefficient (Wildman–Crippen LogP) is 0.123. The van der Waals surface area contributed by atoms with Crippen LogP contribution in [0.15, 0.2) is 12.5 Å². The zero-order chi connectivity index (χ0) is 9.19. The molecule has 0 saturated heterocycles. The molecule has 0 bridgehead atoms. The Labute approximate surface area is 70.5 Å². The van der Waals surface area contributed by atoms with Crippen molar-refractivity contribution < 1.29 is 12.6 Å². The summed E-state index contributed by atoms with van der Waals surface area (Å²) in [6.07, 6.45) is 3.60. The van der Waals surface area contributed by atoms with E-state index in [2.05, 4.69) is 14.2 Å². The molecule has 1 rings (SSSR count). The molecular formula is C6H8N2O3S. The van der Waals surface area contributed by atoms with E-state index in [-0.39, 0.29) is 5.75 Å². The van der Waals surface area contributed by atoms with Gasteiger partial charge in [-0.3, -0.25) is 0 Å². The van der Waals surface area contributed by atoms with Crippen molar-refractivity contribution in [1.82, 2.24) is 9.97 Å². The Morgan fingerprint density at radius 2 is 2.17 bits per heavy atom. The highest BCUT2D eigenvalue weighted by Gasteiger charge is 2.07. The van der Waals surface area contributed by atoms with Crippen LogP contribution in [0.5, 0.6) is 5.75 Å². The normalized spacial score (nSPS) is 11.2. The number of hydrogen-bond acceptors (Lipinski definition) is 5. The van der Waals surface area contributed by atoms with E-state index in [1.54, 1.807) is 6.92 Å². The summed E-state index contributed by atoms with van der Waals surface area (Å²) >= 11 is 0. The first-order valence-corrected chi connectivity index (χ1v) is 4.97. The smallest absolute Gasteiger partial charge is 0.306 e. The van der Waals surface area contributed by atoms with Gasteiger partial charge in [-0.2, -0.15) is 8.42 Å². The van der Waals surface area contributed by atoms with Gasteiger partial charge < -0.3 is 4.18 Å². The second-order valence-corrected chi connectivity index (χ2v) is 3.83. The van der Waals surface area contributed by atoms with Crippen LogP contribution in [0.3, 0.4) is 0 Å². The molecule has 0 atom stereocenters. The van der Waals surface area contributed by atoms with Crippen LogP contribution in [-0.2, 0) is 10.1 Å². The molecule has 66 valence electrons. The van der Waals surface area contributed by atoms with Gasteiger partial charge in [-0.15, -0.1) is 0 Å². The van der Waals surface area contributed by atoms with E-state index in [0.29, 0.717) is 5.69 Å². The van der Waals surface area contributed by atoms with E-state index in [1.807, 2.05) is 0 Å². The third-order valence-corrected chi connectivity index (χ3v) is 1.59. The third-order valence-electron chi connectivity index (χ3n) is 1.11. The maximum Gasteiger partial charge on any atom is 0.306 e. The topological polar surface area (TPSA) is 69.2 Å². The first-order valence-electron chi connectivity index (χ1n) is 3.15. The summed E-state index contributed by atoms with van der Waals surface area (Å²) in [4.78, 5) is 7.39. The van der Waals surface area contributed by atoms with E-state index >= 15 is 0 Å². The second-order valence-electron chi connectivity index (χ2n) is 2.26. The summed E-state index contributed by atoms with van der Waals surface area (Å²) in [5, 5.41) is 0. The van der Waals surface area contributed by atoms with Gasteiger partial charge in [0.05, 0.1) is 18.1 Å². The standard InChI is InChI=1S/C6H8N2O3S/c1-5-6(3-7-4-8-5)11-12(2,9)10/h3-4H,1-2H3. The van der Waals surface area contributed by atoms with Crippen molar-refractivity contribution in [2.45, 2.75) is 6.92 Å². The summed E-state index contributed by atoms with van der Waals surface area (Å²) in [6.45, 7) is 1.64. The summed E-state index contributed by atoms with van der Waals surface area (Å²) in [5.74, 6) is 0.167. The van der Waals surface area contributed by atoms with Gasteiger partial charge in [0.2, 0.25) is 0 Å². The zero-order valence-electron chi connectivity index (χ0n) is 6.68. The maximum atomic E-state index is 10.7. The van der Waals surface area contributed by atoms with Crippen LogP contribution in [0.25, 0.3) is 0 Å². The average Bonchev–Trinajstić information content (AvgIpc) is 1.91. The van der Waals surface area contributed by atoms with Crippen LogP contribution < -0.4 is 4.18 Å². The van der Waals surface area contributed by atoms with Crippen LogP contribution in [0.1, 0.15) is 5.69 Å². The Morgan fingerprint density at radius 3 is 2.67 bits per heavy atom. The molecule has 0 radical (unpaired) electrons. The van der Waals surface area contributed by atoms with Crippen LogP contribution in [0.2, 0.25) is 0 Å². The molecule has 1 heterocycles. The van der Waals surface area contributed by atoms with Gasteiger partial charge in [-0.25, -0.2) is 9.97 Å². The molecule has 0 aliphatic heterocycles. The fourth-order valence-corrected chi connectivity index (χ4v) is 1.11. The van der Waals surface area contributed by atoms with E-state index in [4.69, 9.17) is 0 Å². The largest absolute Gasteiger partial charge is 0.379 e. The van der Waals surface area contributed by atoms with Crippen LogP contribution in [0, 0.1) is 6.92 Å². The van der Waals surface area contributed by atoms with Crippen molar-refractivity contribution in [2.75, 3.05) is 6.26 Å². The van der Waals surface area contributed by atoms with Gasteiger partial charge in [-0.05, 0) is 6.92 Å². The Kier molecular flexibility index (Phi) is 2.27. The third kappa shape index (κ3) is 2.46. The predicted molar refractivity (Wildman–Crippen MR) is 42.2 cm³/mol. The minimum absolute atomic E-state index is 0.167. The van der Waals surface area contributed by atoms with Gasteiger partial charge >= 0.3 is 10.1 Å². The average molecular weight is 188 g/mol. The number of aryl methyl sites for hydroxylation is 1. The van der Waals surface area contributed by atoms with Crippen LogP contribution in [0.4, 0.5) is 0 Å². The molecule has 5 nitrogen and oxygen atoms in total. The number of hydrogen-bond donors (Lipinski definition) is 0.